The van der Waals surface area contributed by atoms with E-state index in [2.05, 4.69) is 0 Å². The van der Waals surface area contributed by atoms with E-state index in [0.29, 0.717) is 39.1 Å². The molecular formula is C21H31N3O6S2. The van der Waals surface area contributed by atoms with Crippen LogP contribution < -0.4 is 0 Å². The van der Waals surface area contributed by atoms with Crippen molar-refractivity contribution in [3.63, 3.8) is 0 Å². The van der Waals surface area contributed by atoms with E-state index in [1.807, 2.05) is 0 Å². The van der Waals surface area contributed by atoms with Crippen LogP contribution in [0.5, 0.6) is 0 Å². The Balaban J connectivity index is 1.66. The molecule has 3 heterocycles. The Morgan fingerprint density at radius 1 is 1.16 bits per heavy atom. The molecule has 1 aromatic heterocycles. The molecule has 0 spiro atoms. The molecule has 178 valence electrons. The maximum Gasteiger partial charge on any atom is 0.310 e. The lowest BCUT2D eigenvalue weighted by atomic mass is 9.98. The second-order valence-corrected chi connectivity index (χ2v) is 11.0. The standard InChI is InChI=1S/C21H31N3O6S2/c1-3-30-21(27)16-8-7-10-23(14-16)18(25)15-22(2)20(26)19-17(9-13-31-19)32(28,29)24-11-5-4-6-12-24/h9,13,16H,3-8,10-12,14-15H2,1-2H3. The molecule has 0 radical (unpaired) electrons. The molecule has 32 heavy (non-hydrogen) atoms. The van der Waals surface area contributed by atoms with Crippen molar-refractivity contribution >= 4 is 39.1 Å². The van der Waals surface area contributed by atoms with Gasteiger partial charge in [-0.05, 0) is 44.1 Å². The number of sulfonamides is 1. The minimum absolute atomic E-state index is 0.00838. The molecule has 2 aliphatic rings. The SMILES string of the molecule is CCOC(=O)C1CCCN(C(=O)CN(C)C(=O)c2sccc2S(=O)(=O)N2CCCCC2)C1. The van der Waals surface area contributed by atoms with Crippen molar-refractivity contribution in [2.75, 3.05) is 46.4 Å². The van der Waals surface area contributed by atoms with Gasteiger partial charge in [0.05, 0.1) is 19.1 Å². The van der Waals surface area contributed by atoms with Crippen molar-refractivity contribution in [3.05, 3.63) is 16.3 Å². The van der Waals surface area contributed by atoms with Gasteiger partial charge in [-0.2, -0.15) is 4.31 Å². The van der Waals surface area contributed by atoms with Crippen LogP contribution in [0.3, 0.4) is 0 Å². The van der Waals surface area contributed by atoms with Crippen LogP contribution in [-0.2, 0) is 24.3 Å². The summed E-state index contributed by atoms with van der Waals surface area (Å²) in [5, 5.41) is 1.59. The van der Waals surface area contributed by atoms with Crippen LogP contribution >= 0.6 is 11.3 Å². The predicted octanol–water partition coefficient (Wildman–Crippen LogP) is 1.80. The number of carbonyl (C=O) groups excluding carboxylic acids is 3. The number of nitrogens with zero attached hydrogens (tertiary/aromatic N) is 3. The zero-order valence-electron chi connectivity index (χ0n) is 18.6. The minimum Gasteiger partial charge on any atom is -0.466 e. The van der Waals surface area contributed by atoms with E-state index in [4.69, 9.17) is 4.74 Å². The number of likely N-dealkylation sites (N-methyl/N-ethyl adjacent to an activating group) is 1. The summed E-state index contributed by atoms with van der Waals surface area (Å²) in [4.78, 5) is 40.8. The Kier molecular flexibility index (Phi) is 8.29. The zero-order valence-corrected chi connectivity index (χ0v) is 20.3. The van der Waals surface area contributed by atoms with Crippen LogP contribution in [0.1, 0.15) is 48.7 Å². The van der Waals surface area contributed by atoms with Gasteiger partial charge in [-0.25, -0.2) is 8.42 Å². The lowest BCUT2D eigenvalue weighted by molar-refractivity contribution is -0.151. The molecular weight excluding hydrogens is 454 g/mol. The van der Waals surface area contributed by atoms with Crippen LogP contribution in [0.2, 0.25) is 0 Å². The van der Waals surface area contributed by atoms with E-state index in [1.165, 1.54) is 22.3 Å². The van der Waals surface area contributed by atoms with Gasteiger partial charge < -0.3 is 14.5 Å². The van der Waals surface area contributed by atoms with Gasteiger partial charge in [0.1, 0.15) is 9.77 Å². The molecule has 2 fully saturated rings. The van der Waals surface area contributed by atoms with Crippen LogP contribution in [0, 0.1) is 5.92 Å². The fourth-order valence-electron chi connectivity index (χ4n) is 4.11. The highest BCUT2D eigenvalue weighted by Crippen LogP contribution is 2.28. The highest BCUT2D eigenvalue weighted by atomic mass is 32.2. The summed E-state index contributed by atoms with van der Waals surface area (Å²) in [6, 6.07) is 1.46. The van der Waals surface area contributed by atoms with Crippen molar-refractivity contribution in [3.8, 4) is 0 Å². The normalized spacial score (nSPS) is 20.1. The van der Waals surface area contributed by atoms with Crippen molar-refractivity contribution in [1.82, 2.24) is 14.1 Å². The number of thiophene rings is 1. The van der Waals surface area contributed by atoms with Crippen molar-refractivity contribution < 1.29 is 27.5 Å². The van der Waals surface area contributed by atoms with Gasteiger partial charge in [0.2, 0.25) is 15.9 Å². The van der Waals surface area contributed by atoms with E-state index < -0.39 is 15.9 Å². The summed E-state index contributed by atoms with van der Waals surface area (Å²) < 4.78 is 32.6. The summed E-state index contributed by atoms with van der Waals surface area (Å²) in [6.07, 6.45) is 3.98. The number of likely N-dealkylation sites (tertiary alicyclic amines) is 1. The Bertz CT molecular complexity index is 939. The van der Waals surface area contributed by atoms with Gasteiger partial charge in [-0.1, -0.05) is 6.42 Å². The number of esters is 1. The molecule has 0 saturated carbocycles. The molecule has 9 nitrogen and oxygen atoms in total. The van der Waals surface area contributed by atoms with Gasteiger partial charge in [0.15, 0.2) is 0 Å². The molecule has 1 atom stereocenters. The van der Waals surface area contributed by atoms with E-state index in [-0.39, 0.29) is 40.7 Å². The largest absolute Gasteiger partial charge is 0.466 e. The summed E-state index contributed by atoms with van der Waals surface area (Å²) in [5.41, 5.74) is 0. The Labute approximate surface area is 193 Å². The summed E-state index contributed by atoms with van der Waals surface area (Å²) in [5.74, 6) is -1.43. The first-order valence-corrected chi connectivity index (χ1v) is 13.3. The van der Waals surface area contributed by atoms with Gasteiger partial charge in [-0.15, -0.1) is 11.3 Å². The molecule has 0 aliphatic carbocycles. The third kappa shape index (κ3) is 5.49. The molecule has 1 unspecified atom stereocenters. The van der Waals surface area contributed by atoms with Gasteiger partial charge in [0.25, 0.3) is 5.91 Å². The smallest absolute Gasteiger partial charge is 0.310 e. The third-order valence-corrected chi connectivity index (χ3v) is 8.84. The third-order valence-electron chi connectivity index (χ3n) is 5.87. The van der Waals surface area contributed by atoms with Crippen molar-refractivity contribution in [2.45, 2.75) is 43.9 Å². The Morgan fingerprint density at radius 2 is 1.88 bits per heavy atom. The van der Waals surface area contributed by atoms with Crippen LogP contribution in [0.4, 0.5) is 0 Å². The van der Waals surface area contributed by atoms with Gasteiger partial charge >= 0.3 is 5.97 Å². The first kappa shape index (κ1) is 24.7. The summed E-state index contributed by atoms with van der Waals surface area (Å²) in [6.45, 7) is 3.55. The zero-order chi connectivity index (χ0) is 23.3. The van der Waals surface area contributed by atoms with Crippen LogP contribution in [-0.4, -0.2) is 86.7 Å². The molecule has 1 aromatic rings. The lowest BCUT2D eigenvalue weighted by Gasteiger charge is -2.32. The fraction of sp³-hybridized carbons (Fsp3) is 0.667. The second kappa shape index (κ2) is 10.8. The predicted molar refractivity (Wildman–Crippen MR) is 120 cm³/mol. The lowest BCUT2D eigenvalue weighted by Crippen LogP contribution is -2.47. The topological polar surface area (TPSA) is 104 Å². The minimum atomic E-state index is -3.75. The number of rotatable bonds is 7. The molecule has 2 aliphatic heterocycles. The highest BCUT2D eigenvalue weighted by Gasteiger charge is 2.33. The summed E-state index contributed by atoms with van der Waals surface area (Å²) in [7, 11) is -2.26. The molecule has 0 bridgehead atoms. The number of amides is 2. The van der Waals surface area contributed by atoms with E-state index in [9.17, 15) is 22.8 Å². The number of ether oxygens (including phenoxy) is 1. The summed E-state index contributed by atoms with van der Waals surface area (Å²) >= 11 is 1.07. The highest BCUT2D eigenvalue weighted by molar-refractivity contribution is 7.89. The van der Waals surface area contributed by atoms with Crippen LogP contribution in [0.25, 0.3) is 0 Å². The number of piperidine rings is 2. The number of carbonyl (C=O) groups is 3. The molecule has 2 saturated heterocycles. The molecule has 11 heteroatoms. The molecule has 0 N–H and O–H groups in total. The maximum atomic E-state index is 13.1. The average Bonchev–Trinajstić information content (AvgIpc) is 3.30. The van der Waals surface area contributed by atoms with Crippen LogP contribution in [0.15, 0.2) is 16.3 Å². The van der Waals surface area contributed by atoms with E-state index in [0.717, 1.165) is 30.6 Å². The Morgan fingerprint density at radius 3 is 2.56 bits per heavy atom. The van der Waals surface area contributed by atoms with Crippen molar-refractivity contribution in [1.29, 1.82) is 0 Å². The van der Waals surface area contributed by atoms with Crippen molar-refractivity contribution in [2.24, 2.45) is 5.92 Å². The molecule has 0 aromatic carbocycles. The fourth-order valence-corrected chi connectivity index (χ4v) is 7.01. The van der Waals surface area contributed by atoms with E-state index in [1.54, 1.807) is 17.2 Å². The quantitative estimate of drug-likeness (QED) is 0.546. The average molecular weight is 486 g/mol. The number of hydrogen-bond donors (Lipinski definition) is 0. The first-order chi connectivity index (χ1) is 15.3. The monoisotopic (exact) mass is 485 g/mol. The first-order valence-electron chi connectivity index (χ1n) is 11.0. The van der Waals surface area contributed by atoms with Gasteiger partial charge in [0, 0.05) is 33.2 Å². The Hall–Kier alpha value is -1.98. The second-order valence-electron chi connectivity index (χ2n) is 8.17. The maximum absolute atomic E-state index is 13.1. The molecule has 3 rings (SSSR count). The molecule has 2 amide bonds. The van der Waals surface area contributed by atoms with E-state index >= 15 is 0 Å². The number of hydrogen-bond acceptors (Lipinski definition) is 7. The van der Waals surface area contributed by atoms with Gasteiger partial charge in [-0.3, -0.25) is 14.4 Å².